The van der Waals surface area contributed by atoms with E-state index in [9.17, 15) is 19.2 Å². The highest BCUT2D eigenvalue weighted by Gasteiger charge is 2.30. The van der Waals surface area contributed by atoms with Crippen LogP contribution in [0.25, 0.3) is 0 Å². The molecule has 0 aliphatic carbocycles. The van der Waals surface area contributed by atoms with Crippen molar-refractivity contribution in [1.29, 1.82) is 0 Å². The molecule has 0 aliphatic rings. The Morgan fingerprint density at radius 1 is 0.686 bits per heavy atom. The number of carbonyl (C=O) groups excluding carboxylic acids is 3. The molecule has 188 valence electrons. The van der Waals surface area contributed by atoms with E-state index < -0.39 is 16.8 Å². The maximum atomic E-state index is 12.5. The average Bonchev–Trinajstić information content (AvgIpc) is 2.82. The minimum atomic E-state index is -0.924. The lowest BCUT2D eigenvalue weighted by Gasteiger charge is -2.22. The monoisotopic (exact) mass is 480 g/mol. The van der Waals surface area contributed by atoms with Crippen LogP contribution >= 0.6 is 0 Å². The number of hydrogen-bond donors (Lipinski definition) is 1. The second-order valence-electron chi connectivity index (χ2n) is 10.4. The number of hydrogen-bond acceptors (Lipinski definition) is 5. The summed E-state index contributed by atoms with van der Waals surface area (Å²) in [5.74, 6) is -1.21. The Hall–Kier alpha value is -3.28. The van der Waals surface area contributed by atoms with Crippen molar-refractivity contribution >= 4 is 23.5 Å². The number of carbonyl (C=O) groups is 4. The highest BCUT2D eigenvalue weighted by Crippen LogP contribution is 2.26. The van der Waals surface area contributed by atoms with Gasteiger partial charge in [0.1, 0.15) is 18.2 Å². The number of Topliss-reactive ketones (excluding diaryl/α,β-unsaturated/α-hetero) is 2. The molecule has 6 heteroatoms. The van der Waals surface area contributed by atoms with Gasteiger partial charge in [-0.25, -0.2) is 0 Å². The molecule has 0 saturated heterocycles. The highest BCUT2D eigenvalue weighted by atomic mass is 16.5. The van der Waals surface area contributed by atoms with Crippen LogP contribution in [0.15, 0.2) is 54.6 Å². The largest absolute Gasteiger partial charge is 0.481 e. The molecule has 0 radical (unpaired) electrons. The number of carboxylic acids is 1. The molecule has 0 amide bonds. The molecule has 0 saturated carbocycles. The van der Waals surface area contributed by atoms with Crippen LogP contribution in [0.2, 0.25) is 0 Å². The summed E-state index contributed by atoms with van der Waals surface area (Å²) in [4.78, 5) is 48.4. The molecule has 2 aromatic carbocycles. The lowest BCUT2D eigenvalue weighted by atomic mass is 9.86. The van der Waals surface area contributed by atoms with Gasteiger partial charge in [0.15, 0.2) is 0 Å². The predicted octanol–water partition coefficient (Wildman–Crippen LogP) is 5.35. The third-order valence-electron chi connectivity index (χ3n) is 6.23. The van der Waals surface area contributed by atoms with Gasteiger partial charge in [-0.15, -0.1) is 0 Å². The molecule has 35 heavy (non-hydrogen) atoms. The molecule has 0 spiro atoms. The summed E-state index contributed by atoms with van der Waals surface area (Å²) in [6.07, 6.45) is 1.68. The molecule has 0 aromatic heterocycles. The molecule has 0 aliphatic heterocycles. The van der Waals surface area contributed by atoms with Gasteiger partial charge in [0.25, 0.3) is 0 Å². The van der Waals surface area contributed by atoms with E-state index in [1.54, 1.807) is 27.7 Å². The van der Waals surface area contributed by atoms with Crippen LogP contribution in [0.1, 0.15) is 70.1 Å². The van der Waals surface area contributed by atoms with Crippen molar-refractivity contribution in [1.82, 2.24) is 0 Å². The number of rotatable bonds is 14. The predicted molar refractivity (Wildman–Crippen MR) is 134 cm³/mol. The second-order valence-corrected chi connectivity index (χ2v) is 10.4. The van der Waals surface area contributed by atoms with Crippen molar-refractivity contribution in [3.63, 3.8) is 0 Å². The number of esters is 1. The second kappa shape index (κ2) is 12.4. The normalized spacial score (nSPS) is 11.7. The van der Waals surface area contributed by atoms with Crippen molar-refractivity contribution in [2.24, 2.45) is 10.8 Å². The maximum absolute atomic E-state index is 12.5. The molecule has 0 heterocycles. The van der Waals surface area contributed by atoms with Gasteiger partial charge in [-0.1, -0.05) is 54.6 Å². The summed E-state index contributed by atoms with van der Waals surface area (Å²) < 4.78 is 5.43. The minimum Gasteiger partial charge on any atom is -0.481 e. The number of ketones is 2. The fraction of sp³-hybridized carbons (Fsp3) is 0.448. The smallest absolute Gasteiger partial charge is 0.311 e. The van der Waals surface area contributed by atoms with Gasteiger partial charge < -0.3 is 9.84 Å². The summed E-state index contributed by atoms with van der Waals surface area (Å²) in [6, 6.07) is 16.8. The molecule has 0 fully saturated rings. The lowest BCUT2D eigenvalue weighted by molar-refractivity contribution is -0.156. The van der Waals surface area contributed by atoms with Gasteiger partial charge in [-0.3, -0.25) is 19.2 Å². The zero-order chi connectivity index (χ0) is 26.1. The minimum absolute atomic E-state index is 0.00969. The van der Waals surface area contributed by atoms with Gasteiger partial charge in [0, 0.05) is 25.7 Å². The zero-order valence-electron chi connectivity index (χ0n) is 21.1. The van der Waals surface area contributed by atoms with E-state index in [1.807, 2.05) is 54.6 Å². The Morgan fingerprint density at radius 3 is 1.60 bits per heavy atom. The first-order valence-corrected chi connectivity index (χ1v) is 11.9. The molecule has 2 aromatic rings. The van der Waals surface area contributed by atoms with Gasteiger partial charge in [-0.2, -0.15) is 0 Å². The zero-order valence-corrected chi connectivity index (χ0v) is 21.1. The molecule has 2 rings (SSSR count). The van der Waals surface area contributed by atoms with Gasteiger partial charge in [0.2, 0.25) is 0 Å². The summed E-state index contributed by atoms with van der Waals surface area (Å²) in [6.45, 7) is 7.02. The van der Waals surface area contributed by atoms with Crippen LogP contribution in [-0.4, -0.2) is 28.6 Å². The summed E-state index contributed by atoms with van der Waals surface area (Å²) >= 11 is 0. The summed E-state index contributed by atoms with van der Waals surface area (Å²) in [7, 11) is 0. The van der Waals surface area contributed by atoms with E-state index in [0.29, 0.717) is 12.8 Å². The highest BCUT2D eigenvalue weighted by molar-refractivity contribution is 5.83. The Kier molecular flexibility index (Phi) is 9.93. The first-order valence-electron chi connectivity index (χ1n) is 11.9. The van der Waals surface area contributed by atoms with E-state index in [-0.39, 0.29) is 49.8 Å². The van der Waals surface area contributed by atoms with E-state index in [4.69, 9.17) is 9.84 Å². The van der Waals surface area contributed by atoms with Crippen molar-refractivity contribution in [2.75, 3.05) is 0 Å². The first-order chi connectivity index (χ1) is 16.4. The fourth-order valence-electron chi connectivity index (χ4n) is 3.44. The molecule has 0 atom stereocenters. The molecule has 1 N–H and O–H groups in total. The van der Waals surface area contributed by atoms with Gasteiger partial charge in [-0.05, 0) is 57.2 Å². The number of aliphatic carboxylic acids is 1. The summed E-state index contributed by atoms with van der Waals surface area (Å²) in [5.41, 5.74) is 0.919. The quantitative estimate of drug-likeness (QED) is 0.366. The molecule has 0 unspecified atom stereocenters. The van der Waals surface area contributed by atoms with E-state index in [0.717, 1.165) is 16.7 Å². The van der Waals surface area contributed by atoms with E-state index >= 15 is 0 Å². The Labute approximate surface area is 207 Å². The third kappa shape index (κ3) is 9.47. The van der Waals surface area contributed by atoms with Crippen LogP contribution in [0.3, 0.4) is 0 Å². The molecular weight excluding hydrogens is 444 g/mol. The van der Waals surface area contributed by atoms with E-state index in [2.05, 4.69) is 0 Å². The average molecular weight is 481 g/mol. The maximum Gasteiger partial charge on any atom is 0.311 e. The van der Waals surface area contributed by atoms with Crippen LogP contribution in [0.4, 0.5) is 0 Å². The van der Waals surface area contributed by atoms with E-state index in [1.165, 1.54) is 0 Å². The Bertz CT molecular complexity index is 1020. The first kappa shape index (κ1) is 28.0. The topological polar surface area (TPSA) is 97.7 Å². The Morgan fingerprint density at radius 2 is 1.14 bits per heavy atom. The van der Waals surface area contributed by atoms with Crippen LogP contribution in [0, 0.1) is 10.8 Å². The lowest BCUT2D eigenvalue weighted by Crippen LogP contribution is -2.27. The van der Waals surface area contributed by atoms with Crippen molar-refractivity contribution in [3.05, 3.63) is 71.3 Å². The third-order valence-corrected chi connectivity index (χ3v) is 6.23. The Balaban J connectivity index is 1.77. The number of ether oxygens (including phenoxy) is 1. The van der Waals surface area contributed by atoms with Crippen LogP contribution in [0.5, 0.6) is 0 Å². The summed E-state index contributed by atoms with van der Waals surface area (Å²) in [5, 5.41) is 9.16. The van der Waals surface area contributed by atoms with Crippen molar-refractivity contribution < 1.29 is 29.0 Å². The SMILES string of the molecule is CC(C)(CCC(=O)Cc1ccc(CC(=O)CCC(C)(C)C(=O)OCc2ccccc2)cc1)C(=O)O. The van der Waals surface area contributed by atoms with Gasteiger partial charge >= 0.3 is 11.9 Å². The fourth-order valence-corrected chi connectivity index (χ4v) is 3.44. The van der Waals surface area contributed by atoms with Gasteiger partial charge in [0.05, 0.1) is 10.8 Å². The van der Waals surface area contributed by atoms with Crippen LogP contribution in [-0.2, 0) is 43.4 Å². The standard InChI is InChI=1S/C29H36O6/c1-28(2,26(32)33)16-14-24(30)18-21-10-12-22(13-11-21)19-25(31)15-17-29(3,4)27(34)35-20-23-8-6-5-7-9-23/h5-13H,14-20H2,1-4H3,(H,32,33). The molecule has 0 bridgehead atoms. The van der Waals surface area contributed by atoms with Crippen molar-refractivity contribution in [3.8, 4) is 0 Å². The van der Waals surface area contributed by atoms with Crippen LogP contribution < -0.4 is 0 Å². The molecule has 6 nitrogen and oxygen atoms in total. The molecular formula is C29H36O6. The van der Waals surface area contributed by atoms with Crippen molar-refractivity contribution in [2.45, 2.75) is 72.8 Å². The number of benzene rings is 2. The number of carboxylic acid groups (broad SMARTS) is 1.